The van der Waals surface area contributed by atoms with E-state index < -0.39 is 0 Å². The lowest BCUT2D eigenvalue weighted by molar-refractivity contribution is 0.268. The third kappa shape index (κ3) is 2.88. The Morgan fingerprint density at radius 2 is 2.25 bits per heavy atom. The van der Waals surface area contributed by atoms with Crippen molar-refractivity contribution in [2.24, 2.45) is 0 Å². The molecule has 0 aliphatic carbocycles. The summed E-state index contributed by atoms with van der Waals surface area (Å²) in [5.41, 5.74) is 0. The van der Waals surface area contributed by atoms with Crippen LogP contribution in [-0.2, 0) is 6.54 Å². The lowest BCUT2D eigenvalue weighted by atomic mass is 10.3. The molecule has 12 heavy (non-hydrogen) atoms. The second-order valence-corrected chi connectivity index (χ2v) is 5.15. The molecule has 0 atom stereocenters. The van der Waals surface area contributed by atoms with Crippen molar-refractivity contribution in [1.82, 2.24) is 4.90 Å². The van der Waals surface area contributed by atoms with Gasteiger partial charge >= 0.3 is 0 Å². The van der Waals surface area contributed by atoms with Gasteiger partial charge in [-0.25, -0.2) is 0 Å². The molecule has 1 aromatic heterocycles. The monoisotopic (exact) mass is 247 g/mol. The third-order valence-electron chi connectivity index (χ3n) is 1.91. The SMILES string of the molecule is CC(C)N(C)Cc1cc(Br)cs1. The Bertz CT molecular complexity index is 244. The molecule has 1 heterocycles. The van der Waals surface area contributed by atoms with Crippen molar-refractivity contribution < 1.29 is 0 Å². The molecule has 0 spiro atoms. The van der Waals surface area contributed by atoms with Crippen LogP contribution in [0.1, 0.15) is 18.7 Å². The predicted molar refractivity (Wildman–Crippen MR) is 58.6 cm³/mol. The molecule has 1 rings (SSSR count). The molecule has 0 aliphatic heterocycles. The zero-order valence-corrected chi connectivity index (χ0v) is 10.1. The van der Waals surface area contributed by atoms with Gasteiger partial charge in [0.2, 0.25) is 0 Å². The molecule has 1 aromatic rings. The van der Waals surface area contributed by atoms with Crippen LogP contribution in [0.25, 0.3) is 0 Å². The van der Waals surface area contributed by atoms with Crippen LogP contribution in [0.3, 0.4) is 0 Å². The average molecular weight is 248 g/mol. The number of thiophene rings is 1. The van der Waals surface area contributed by atoms with E-state index in [1.807, 2.05) is 0 Å². The lowest BCUT2D eigenvalue weighted by Crippen LogP contribution is -2.25. The van der Waals surface area contributed by atoms with Crippen LogP contribution >= 0.6 is 27.3 Å². The molecular weight excluding hydrogens is 234 g/mol. The first-order chi connectivity index (χ1) is 5.59. The van der Waals surface area contributed by atoms with Crippen LogP contribution in [0.2, 0.25) is 0 Å². The Morgan fingerprint density at radius 3 is 2.67 bits per heavy atom. The molecule has 0 aromatic carbocycles. The first kappa shape index (κ1) is 10.2. The average Bonchev–Trinajstić information content (AvgIpc) is 2.35. The Morgan fingerprint density at radius 1 is 1.58 bits per heavy atom. The molecular formula is C9H14BrNS. The summed E-state index contributed by atoms with van der Waals surface area (Å²) in [6.07, 6.45) is 0. The molecule has 0 N–H and O–H groups in total. The van der Waals surface area contributed by atoms with Crippen molar-refractivity contribution in [3.63, 3.8) is 0 Å². The van der Waals surface area contributed by atoms with Gasteiger partial charge in [0.05, 0.1) is 0 Å². The van der Waals surface area contributed by atoms with Gasteiger partial charge in [-0.1, -0.05) is 0 Å². The van der Waals surface area contributed by atoms with E-state index >= 15 is 0 Å². The Kier molecular flexibility index (Phi) is 3.75. The molecule has 0 aliphatic rings. The molecule has 0 saturated carbocycles. The Labute approximate surface area is 86.5 Å². The summed E-state index contributed by atoms with van der Waals surface area (Å²) in [4.78, 5) is 3.75. The van der Waals surface area contributed by atoms with Gasteiger partial charge in [0.1, 0.15) is 0 Å². The van der Waals surface area contributed by atoms with Crippen molar-refractivity contribution >= 4 is 27.3 Å². The maximum Gasteiger partial charge on any atom is 0.0327 e. The summed E-state index contributed by atoms with van der Waals surface area (Å²) < 4.78 is 1.19. The van der Waals surface area contributed by atoms with E-state index in [0.717, 1.165) is 6.54 Å². The smallest absolute Gasteiger partial charge is 0.0327 e. The van der Waals surface area contributed by atoms with E-state index in [1.54, 1.807) is 11.3 Å². The zero-order valence-electron chi connectivity index (χ0n) is 7.67. The fraction of sp³-hybridized carbons (Fsp3) is 0.556. The van der Waals surface area contributed by atoms with Crippen LogP contribution in [-0.4, -0.2) is 18.0 Å². The lowest BCUT2D eigenvalue weighted by Gasteiger charge is -2.19. The molecule has 0 unspecified atom stereocenters. The first-order valence-electron chi connectivity index (χ1n) is 4.02. The highest BCUT2D eigenvalue weighted by Crippen LogP contribution is 2.21. The van der Waals surface area contributed by atoms with Crippen molar-refractivity contribution in [2.45, 2.75) is 26.4 Å². The molecule has 3 heteroatoms. The van der Waals surface area contributed by atoms with Crippen LogP contribution < -0.4 is 0 Å². The Hall–Kier alpha value is 0.140. The van der Waals surface area contributed by atoms with Gasteiger partial charge < -0.3 is 0 Å². The minimum atomic E-state index is 0.617. The van der Waals surface area contributed by atoms with Gasteiger partial charge in [0, 0.05) is 27.3 Å². The van der Waals surface area contributed by atoms with Gasteiger partial charge in [-0.2, -0.15) is 0 Å². The van der Waals surface area contributed by atoms with Crippen molar-refractivity contribution in [3.8, 4) is 0 Å². The van der Waals surface area contributed by atoms with E-state index in [2.05, 4.69) is 53.2 Å². The predicted octanol–water partition coefficient (Wildman–Crippen LogP) is 3.35. The standard InChI is InChI=1S/C9H14BrNS/c1-7(2)11(3)5-9-4-8(10)6-12-9/h4,6-7H,5H2,1-3H3. The molecule has 68 valence electrons. The fourth-order valence-electron chi connectivity index (χ4n) is 0.865. The highest BCUT2D eigenvalue weighted by atomic mass is 79.9. The quantitative estimate of drug-likeness (QED) is 0.792. The molecule has 0 saturated heterocycles. The maximum atomic E-state index is 3.45. The highest BCUT2D eigenvalue weighted by molar-refractivity contribution is 9.10. The number of hydrogen-bond donors (Lipinski definition) is 0. The summed E-state index contributed by atoms with van der Waals surface area (Å²) in [6.45, 7) is 5.47. The number of hydrogen-bond acceptors (Lipinski definition) is 2. The van der Waals surface area contributed by atoms with E-state index in [1.165, 1.54) is 9.35 Å². The Balaban J connectivity index is 2.52. The fourth-order valence-corrected chi connectivity index (χ4v) is 2.38. The van der Waals surface area contributed by atoms with E-state index in [9.17, 15) is 0 Å². The van der Waals surface area contributed by atoms with Crippen LogP contribution in [0.4, 0.5) is 0 Å². The topological polar surface area (TPSA) is 3.24 Å². The van der Waals surface area contributed by atoms with E-state index in [-0.39, 0.29) is 0 Å². The summed E-state index contributed by atoms with van der Waals surface area (Å²) in [5, 5.41) is 2.13. The van der Waals surface area contributed by atoms with Crippen LogP contribution in [0.5, 0.6) is 0 Å². The second kappa shape index (κ2) is 4.40. The maximum absolute atomic E-state index is 3.45. The molecule has 1 nitrogen and oxygen atoms in total. The molecule has 0 fully saturated rings. The minimum Gasteiger partial charge on any atom is -0.299 e. The number of rotatable bonds is 3. The molecule has 0 radical (unpaired) electrons. The minimum absolute atomic E-state index is 0.617. The third-order valence-corrected chi connectivity index (χ3v) is 3.59. The molecule has 0 amide bonds. The van der Waals surface area contributed by atoms with Gasteiger partial charge in [-0.3, -0.25) is 4.90 Å². The summed E-state index contributed by atoms with van der Waals surface area (Å²) in [5.74, 6) is 0. The first-order valence-corrected chi connectivity index (χ1v) is 5.70. The van der Waals surface area contributed by atoms with E-state index in [0.29, 0.717) is 6.04 Å². The normalized spacial score (nSPS) is 11.5. The number of nitrogens with zero attached hydrogens (tertiary/aromatic N) is 1. The van der Waals surface area contributed by atoms with Gasteiger partial charge in [0.25, 0.3) is 0 Å². The van der Waals surface area contributed by atoms with Crippen LogP contribution in [0, 0.1) is 0 Å². The van der Waals surface area contributed by atoms with Crippen molar-refractivity contribution in [3.05, 3.63) is 20.8 Å². The van der Waals surface area contributed by atoms with Gasteiger partial charge in [-0.15, -0.1) is 11.3 Å². The summed E-state index contributed by atoms with van der Waals surface area (Å²) in [7, 11) is 2.15. The highest BCUT2D eigenvalue weighted by Gasteiger charge is 2.05. The van der Waals surface area contributed by atoms with Crippen LogP contribution in [0.15, 0.2) is 15.9 Å². The zero-order chi connectivity index (χ0) is 9.14. The number of halogens is 1. The largest absolute Gasteiger partial charge is 0.299 e. The summed E-state index contributed by atoms with van der Waals surface area (Å²) in [6, 6.07) is 2.80. The van der Waals surface area contributed by atoms with Gasteiger partial charge in [-0.05, 0) is 42.9 Å². The van der Waals surface area contributed by atoms with E-state index in [4.69, 9.17) is 0 Å². The van der Waals surface area contributed by atoms with Crippen molar-refractivity contribution in [1.29, 1.82) is 0 Å². The van der Waals surface area contributed by atoms with Crippen molar-refractivity contribution in [2.75, 3.05) is 7.05 Å². The van der Waals surface area contributed by atoms with Gasteiger partial charge in [0.15, 0.2) is 0 Å². The molecule has 0 bridgehead atoms. The summed E-state index contributed by atoms with van der Waals surface area (Å²) >= 11 is 5.26. The second-order valence-electron chi connectivity index (χ2n) is 3.24.